The Kier molecular flexibility index (Phi) is 13.9. The highest BCUT2D eigenvalue weighted by molar-refractivity contribution is 7.79. The molecule has 20 heavy (non-hydrogen) atoms. The first kappa shape index (κ1) is 22.1. The van der Waals surface area contributed by atoms with Crippen LogP contribution in [0.15, 0.2) is 0 Å². The van der Waals surface area contributed by atoms with E-state index in [1.807, 2.05) is 0 Å². The van der Waals surface area contributed by atoms with E-state index >= 15 is 0 Å². The van der Waals surface area contributed by atoms with Gasteiger partial charge in [0.15, 0.2) is 0 Å². The van der Waals surface area contributed by atoms with E-state index in [1.165, 1.54) is 68.9 Å². The van der Waals surface area contributed by atoms with Gasteiger partial charge in [-0.3, -0.25) is 8.42 Å². The molecule has 0 bridgehead atoms. The lowest BCUT2D eigenvalue weighted by Gasteiger charge is -2.28. The van der Waals surface area contributed by atoms with Crippen molar-refractivity contribution in [3.8, 4) is 0 Å². The predicted octanol–water partition coefficient (Wildman–Crippen LogP) is 3.00. The summed E-state index contributed by atoms with van der Waals surface area (Å²) in [6.45, 7) is 7.18. The van der Waals surface area contributed by atoms with Gasteiger partial charge in [0.1, 0.15) is 0 Å². The van der Waals surface area contributed by atoms with Gasteiger partial charge in [0.05, 0.1) is 27.2 Å². The zero-order valence-corrected chi connectivity index (χ0v) is 14.4. The molecule has 0 atom stereocenters. The fourth-order valence-corrected chi connectivity index (χ4v) is 1.83. The summed E-state index contributed by atoms with van der Waals surface area (Å²) < 4.78 is 35.3. The van der Waals surface area contributed by atoms with E-state index in [4.69, 9.17) is 17.5 Å². The van der Waals surface area contributed by atoms with E-state index in [-0.39, 0.29) is 1.43 Å². The molecule has 5 nitrogen and oxygen atoms in total. The van der Waals surface area contributed by atoms with Crippen LogP contribution < -0.4 is 0 Å². The molecule has 0 unspecified atom stereocenters. The summed E-state index contributed by atoms with van der Waals surface area (Å²) in [6.07, 6.45) is 11.5. The molecule has 0 aliphatic carbocycles. The Morgan fingerprint density at radius 2 is 1.20 bits per heavy atom. The molecule has 0 saturated carbocycles. The quantitative estimate of drug-likeness (QED) is 0.269. The standard InChI is InChI=1S/C14H32N.H2O4S/c1-5-7-8-9-10-11-12-13-14-15(3,4)6-2;1-5(2,3)4/h5-14H2,1-4H3;(H2,1,2,3,4)/q+1;/p-1. The number of hydrogen-bond acceptors (Lipinski definition) is 4. The van der Waals surface area contributed by atoms with Crippen LogP contribution in [0.2, 0.25) is 0 Å². The van der Waals surface area contributed by atoms with Crippen molar-refractivity contribution in [2.45, 2.75) is 65.2 Å². The number of nitrogens with zero attached hydrogens (tertiary/aromatic N) is 1. The molecule has 0 N–H and O–H groups in total. The van der Waals surface area contributed by atoms with Crippen LogP contribution >= 0.6 is 0 Å². The molecule has 6 heteroatoms. The van der Waals surface area contributed by atoms with Crippen molar-refractivity contribution in [1.29, 1.82) is 0 Å². The summed E-state index contributed by atoms with van der Waals surface area (Å²) in [5.41, 5.74) is 0. The zero-order chi connectivity index (χ0) is 16.1. The Bertz CT molecular complexity index is 300. The molecule has 0 heterocycles. The summed E-state index contributed by atoms with van der Waals surface area (Å²) >= 11 is 0. The Hall–Kier alpha value is -0.170. The lowest BCUT2D eigenvalue weighted by atomic mass is 10.1. The Morgan fingerprint density at radius 3 is 1.55 bits per heavy atom. The second-order valence-corrected chi connectivity index (χ2v) is 6.68. The molecular weight excluding hydrogens is 278 g/mol. The van der Waals surface area contributed by atoms with E-state index in [0.717, 1.165) is 0 Å². The number of quaternary nitrogens is 1. The summed E-state index contributed by atoms with van der Waals surface area (Å²) in [6, 6.07) is 0. The molecule has 124 valence electrons. The van der Waals surface area contributed by atoms with Gasteiger partial charge in [0, 0.05) is 10.4 Å². The van der Waals surface area contributed by atoms with Gasteiger partial charge in [0.25, 0.3) is 0 Å². The van der Waals surface area contributed by atoms with Crippen LogP contribution in [0.1, 0.15) is 66.6 Å². The molecule has 0 aromatic carbocycles. The molecule has 0 amide bonds. The molecular formula is C14H33NO4S. The van der Waals surface area contributed by atoms with Gasteiger partial charge in [-0.05, 0) is 19.8 Å². The van der Waals surface area contributed by atoms with E-state index < -0.39 is 10.4 Å². The third-order valence-electron chi connectivity index (χ3n) is 3.47. The summed E-state index contributed by atoms with van der Waals surface area (Å²) in [4.78, 5) is 0. The minimum atomic E-state index is -5.17. The topological polar surface area (TPSA) is 80.3 Å². The molecule has 0 aliphatic heterocycles. The summed E-state index contributed by atoms with van der Waals surface area (Å²) in [5, 5.41) is 0. The van der Waals surface area contributed by atoms with Crippen molar-refractivity contribution in [1.82, 2.24) is 0 Å². The van der Waals surface area contributed by atoms with Gasteiger partial charge in [-0.2, -0.15) is 0 Å². The normalized spacial score (nSPS) is 11.9. The van der Waals surface area contributed by atoms with Crippen molar-refractivity contribution in [2.24, 2.45) is 0 Å². The van der Waals surface area contributed by atoms with Crippen molar-refractivity contribution in [2.75, 3.05) is 27.2 Å². The highest BCUT2D eigenvalue weighted by Gasteiger charge is 2.09. The first-order valence-corrected chi connectivity index (χ1v) is 8.94. The van der Waals surface area contributed by atoms with Crippen LogP contribution in [0.5, 0.6) is 0 Å². The highest BCUT2D eigenvalue weighted by atomic mass is 32.3. The minimum absolute atomic E-state index is 0. The smallest absolute Gasteiger partial charge is 0.759 e. The lowest BCUT2D eigenvalue weighted by molar-refractivity contribution is -0.888. The van der Waals surface area contributed by atoms with Gasteiger partial charge in [-0.1, -0.05) is 45.4 Å². The Morgan fingerprint density at radius 1 is 0.850 bits per heavy atom. The molecule has 0 aliphatic rings. The maximum absolute atomic E-state index is 8.52. The van der Waals surface area contributed by atoms with E-state index in [0.29, 0.717) is 0 Å². The van der Waals surface area contributed by atoms with Gasteiger partial charge >= 0.3 is 1.43 Å². The van der Waals surface area contributed by atoms with Crippen LogP contribution in [0.3, 0.4) is 0 Å². The van der Waals surface area contributed by atoms with Crippen LogP contribution in [-0.4, -0.2) is 49.2 Å². The number of unbranched alkanes of at least 4 members (excludes halogenated alkanes) is 7. The molecule has 0 spiro atoms. The summed E-state index contributed by atoms with van der Waals surface area (Å²) in [7, 11) is -0.498. The monoisotopic (exact) mass is 311 g/mol. The van der Waals surface area contributed by atoms with E-state index in [9.17, 15) is 0 Å². The number of rotatable bonds is 10. The predicted molar refractivity (Wildman–Crippen MR) is 81.7 cm³/mol. The maximum Gasteiger partial charge on any atom is 1.00 e. The summed E-state index contributed by atoms with van der Waals surface area (Å²) in [5.74, 6) is 0. The van der Waals surface area contributed by atoms with Crippen molar-refractivity contribution < 1.29 is 23.4 Å². The Labute approximate surface area is 127 Å². The van der Waals surface area contributed by atoms with Crippen LogP contribution in [0, 0.1) is 0 Å². The van der Waals surface area contributed by atoms with E-state index in [1.54, 1.807) is 0 Å². The Balaban J connectivity index is -0.000000465. The first-order chi connectivity index (χ1) is 9.12. The lowest BCUT2D eigenvalue weighted by Crippen LogP contribution is -2.39. The first-order valence-electron chi connectivity index (χ1n) is 7.61. The number of hydrogen-bond donors (Lipinski definition) is 0. The third kappa shape index (κ3) is 26.4. The molecule has 0 radical (unpaired) electrons. The third-order valence-corrected chi connectivity index (χ3v) is 3.47. The molecule has 0 rings (SSSR count). The SMILES string of the molecule is CCCCCCCCCC[N+](C)(C)CC.O=S(=O)([O-])[O-].[H+]. The molecule has 0 saturated heterocycles. The van der Waals surface area contributed by atoms with E-state index in [2.05, 4.69) is 27.9 Å². The van der Waals surface area contributed by atoms with Crippen LogP contribution in [0.25, 0.3) is 0 Å². The van der Waals surface area contributed by atoms with Crippen molar-refractivity contribution >= 4 is 10.4 Å². The van der Waals surface area contributed by atoms with Gasteiger partial charge < -0.3 is 13.6 Å². The van der Waals surface area contributed by atoms with Gasteiger partial charge in [-0.15, -0.1) is 0 Å². The van der Waals surface area contributed by atoms with Crippen molar-refractivity contribution in [3.63, 3.8) is 0 Å². The minimum Gasteiger partial charge on any atom is -0.759 e. The fourth-order valence-electron chi connectivity index (χ4n) is 1.83. The average Bonchev–Trinajstić information content (AvgIpc) is 2.30. The second kappa shape index (κ2) is 12.6. The maximum atomic E-state index is 8.52. The largest absolute Gasteiger partial charge is 1.00 e. The molecule has 0 fully saturated rings. The molecule has 0 aromatic rings. The average molecular weight is 311 g/mol. The van der Waals surface area contributed by atoms with Gasteiger partial charge in [0.2, 0.25) is 0 Å². The van der Waals surface area contributed by atoms with Gasteiger partial charge in [-0.25, -0.2) is 0 Å². The second-order valence-electron chi connectivity index (χ2n) is 5.86. The van der Waals surface area contributed by atoms with Crippen LogP contribution in [0.4, 0.5) is 0 Å². The van der Waals surface area contributed by atoms with Crippen molar-refractivity contribution in [3.05, 3.63) is 0 Å². The van der Waals surface area contributed by atoms with Crippen LogP contribution in [-0.2, 0) is 10.4 Å². The fraction of sp³-hybridized carbons (Fsp3) is 1.00. The molecule has 0 aromatic heterocycles. The highest BCUT2D eigenvalue weighted by Crippen LogP contribution is 2.09. The zero-order valence-electron chi connectivity index (χ0n) is 14.6.